The van der Waals surface area contributed by atoms with Gasteiger partial charge in [0.25, 0.3) is 5.91 Å². The number of rotatable bonds is 6. The quantitative estimate of drug-likeness (QED) is 0.633. The molecule has 22 heavy (non-hydrogen) atoms. The second-order valence-corrected chi connectivity index (χ2v) is 4.51. The number of amides is 1. The molecular weight excluding hydrogens is 289 g/mol. The lowest BCUT2D eigenvalue weighted by atomic mass is 10.1. The number of carbonyl (C=O) groups excluding carboxylic acids is 1. The minimum Gasteiger partial charge on any atom is -0.509 e. The third-order valence-corrected chi connectivity index (χ3v) is 2.87. The summed E-state index contributed by atoms with van der Waals surface area (Å²) in [6.07, 6.45) is 3.45. The van der Waals surface area contributed by atoms with E-state index in [1.54, 1.807) is 30.2 Å². The monoisotopic (exact) mass is 305 g/mol. The second-order valence-electron chi connectivity index (χ2n) is 4.51. The van der Waals surface area contributed by atoms with Gasteiger partial charge in [-0.2, -0.15) is 5.10 Å². The maximum absolute atomic E-state index is 12.1. The number of nitrogens with zero attached hydrogens (tertiary/aromatic N) is 2. The molecule has 1 aromatic carbocycles. The number of aryl methyl sites for hydroxylation is 1. The number of methoxy groups -OCH3 is 1. The number of hydrogen-bond acceptors (Lipinski definition) is 6. The minimum absolute atomic E-state index is 0.0616. The highest BCUT2D eigenvalue weighted by atomic mass is 16.6. The van der Waals surface area contributed by atoms with E-state index in [4.69, 9.17) is 19.4 Å². The lowest BCUT2D eigenvalue weighted by molar-refractivity contribution is 0.0950. The van der Waals surface area contributed by atoms with Gasteiger partial charge in [0.05, 0.1) is 13.3 Å². The van der Waals surface area contributed by atoms with Crippen molar-refractivity contribution in [3.05, 3.63) is 41.7 Å². The van der Waals surface area contributed by atoms with Crippen LogP contribution in [-0.2, 0) is 13.6 Å². The molecule has 0 saturated carbocycles. The number of ether oxygens (including phenoxy) is 1. The summed E-state index contributed by atoms with van der Waals surface area (Å²) in [6.45, 7) is 0.331. The van der Waals surface area contributed by atoms with Crippen LogP contribution in [0.25, 0.3) is 0 Å². The highest BCUT2D eigenvalue weighted by molar-refractivity contribution is 6.33. The Kier molecular flexibility index (Phi) is 5.02. The van der Waals surface area contributed by atoms with Crippen molar-refractivity contribution in [3.63, 3.8) is 0 Å². The Balaban J connectivity index is 2.08. The highest BCUT2D eigenvalue weighted by Crippen LogP contribution is 2.28. The van der Waals surface area contributed by atoms with Gasteiger partial charge in [-0.1, -0.05) is 0 Å². The molecule has 0 unspecified atom stereocenters. The van der Waals surface area contributed by atoms with Crippen LogP contribution < -0.4 is 14.7 Å². The Morgan fingerprint density at radius 3 is 2.77 bits per heavy atom. The number of nitrogens with one attached hydrogen (secondary N) is 1. The van der Waals surface area contributed by atoms with E-state index in [2.05, 4.69) is 10.4 Å². The van der Waals surface area contributed by atoms with Crippen LogP contribution in [0.15, 0.2) is 30.6 Å². The topological polar surface area (TPSA) is 106 Å². The predicted octanol–water partition coefficient (Wildman–Crippen LogP) is -0.293. The van der Waals surface area contributed by atoms with Crippen molar-refractivity contribution in [3.8, 4) is 11.5 Å². The van der Waals surface area contributed by atoms with E-state index in [0.717, 1.165) is 5.56 Å². The van der Waals surface area contributed by atoms with Crippen LogP contribution >= 0.6 is 0 Å². The summed E-state index contributed by atoms with van der Waals surface area (Å²) in [5.41, 5.74) is 1.17. The van der Waals surface area contributed by atoms with Crippen LogP contribution in [-0.4, -0.2) is 40.2 Å². The molecule has 2 aromatic rings. The van der Waals surface area contributed by atoms with Crippen LogP contribution in [0.2, 0.25) is 0 Å². The fraction of sp³-hybridized carbons (Fsp3) is 0.231. The summed E-state index contributed by atoms with van der Waals surface area (Å²) in [5, 5.41) is 24.5. The smallest absolute Gasteiger partial charge is 0.509 e. The van der Waals surface area contributed by atoms with Crippen molar-refractivity contribution in [2.24, 2.45) is 7.05 Å². The number of aromatic nitrogens is 2. The van der Waals surface area contributed by atoms with Crippen molar-refractivity contribution in [2.75, 3.05) is 7.11 Å². The summed E-state index contributed by atoms with van der Waals surface area (Å²) >= 11 is 0. The molecule has 0 spiro atoms. The van der Waals surface area contributed by atoms with Crippen LogP contribution in [0.5, 0.6) is 11.5 Å². The van der Waals surface area contributed by atoms with Crippen molar-refractivity contribution in [1.29, 1.82) is 0 Å². The molecule has 1 heterocycles. The van der Waals surface area contributed by atoms with E-state index in [1.807, 2.05) is 0 Å². The molecule has 8 nitrogen and oxygen atoms in total. The Morgan fingerprint density at radius 2 is 2.18 bits per heavy atom. The van der Waals surface area contributed by atoms with E-state index in [9.17, 15) is 4.79 Å². The molecule has 0 saturated heterocycles. The summed E-state index contributed by atoms with van der Waals surface area (Å²) in [5.74, 6) is 0.0206. The zero-order chi connectivity index (χ0) is 16.1. The zero-order valence-corrected chi connectivity index (χ0v) is 12.2. The van der Waals surface area contributed by atoms with Gasteiger partial charge in [0.1, 0.15) is 5.75 Å². The minimum atomic E-state index is -2.00. The van der Waals surface area contributed by atoms with E-state index in [-0.39, 0.29) is 17.4 Å². The molecule has 0 aliphatic carbocycles. The largest absolute Gasteiger partial charge is 0.707 e. The first-order valence-corrected chi connectivity index (χ1v) is 6.46. The summed E-state index contributed by atoms with van der Waals surface area (Å²) < 4.78 is 11.5. The molecule has 116 valence electrons. The molecular formula is C13H16BN3O5. The Morgan fingerprint density at radius 1 is 1.41 bits per heavy atom. The van der Waals surface area contributed by atoms with Crippen molar-refractivity contribution < 1.29 is 24.2 Å². The summed E-state index contributed by atoms with van der Waals surface area (Å²) in [6, 6.07) is 4.43. The average molecular weight is 305 g/mol. The van der Waals surface area contributed by atoms with Crippen molar-refractivity contribution >= 4 is 13.2 Å². The van der Waals surface area contributed by atoms with Gasteiger partial charge in [0, 0.05) is 30.9 Å². The predicted molar refractivity (Wildman–Crippen MR) is 78.2 cm³/mol. The molecule has 2 rings (SSSR count). The molecule has 0 radical (unpaired) electrons. The molecule has 1 aromatic heterocycles. The maximum Gasteiger partial charge on any atom is 0.707 e. The van der Waals surface area contributed by atoms with Crippen LogP contribution in [0.3, 0.4) is 0 Å². The Labute approximate surface area is 127 Å². The lowest BCUT2D eigenvalue weighted by Gasteiger charge is -2.12. The van der Waals surface area contributed by atoms with Gasteiger partial charge in [-0.15, -0.1) is 0 Å². The number of carbonyl (C=O) groups is 1. The van der Waals surface area contributed by atoms with Crippen LogP contribution in [0.4, 0.5) is 0 Å². The first kappa shape index (κ1) is 15.9. The third kappa shape index (κ3) is 4.00. The van der Waals surface area contributed by atoms with Crippen molar-refractivity contribution in [2.45, 2.75) is 6.54 Å². The Bertz CT molecular complexity index is 659. The zero-order valence-electron chi connectivity index (χ0n) is 12.2. The first-order valence-electron chi connectivity index (χ1n) is 6.46. The van der Waals surface area contributed by atoms with Gasteiger partial charge in [-0.3, -0.25) is 9.48 Å². The summed E-state index contributed by atoms with van der Waals surface area (Å²) in [4.78, 5) is 12.1. The lowest BCUT2D eigenvalue weighted by Crippen LogP contribution is -2.24. The second kappa shape index (κ2) is 6.96. The van der Waals surface area contributed by atoms with Gasteiger partial charge in [0.15, 0.2) is 5.75 Å². The van der Waals surface area contributed by atoms with Gasteiger partial charge in [0.2, 0.25) is 0 Å². The molecule has 0 bridgehead atoms. The van der Waals surface area contributed by atoms with E-state index in [1.165, 1.54) is 19.2 Å². The van der Waals surface area contributed by atoms with Crippen molar-refractivity contribution in [1.82, 2.24) is 15.1 Å². The standard InChI is InChI=1S/C13H16BN3O5/c1-17-8-9(7-16-17)6-15-13(18)10-3-4-11(21-2)12(5-10)22-14(19)20/h3-5,7-8,19-20H,6H2,1-2H3,(H,15,18). The summed E-state index contributed by atoms with van der Waals surface area (Å²) in [7, 11) is 1.20. The van der Waals surface area contributed by atoms with Crippen LogP contribution in [0.1, 0.15) is 15.9 Å². The van der Waals surface area contributed by atoms with E-state index in [0.29, 0.717) is 12.1 Å². The van der Waals surface area contributed by atoms with Crippen LogP contribution in [0, 0.1) is 0 Å². The maximum atomic E-state index is 12.1. The molecule has 9 heteroatoms. The fourth-order valence-electron chi connectivity index (χ4n) is 1.87. The SMILES string of the molecule is COc1ccc(C(=O)NCc2cnn(C)c2)cc1OB(O)O. The molecule has 3 N–H and O–H groups in total. The van der Waals surface area contributed by atoms with Gasteiger partial charge in [-0.25, -0.2) is 0 Å². The highest BCUT2D eigenvalue weighted by Gasteiger charge is 2.17. The molecule has 1 amide bonds. The van der Waals surface area contributed by atoms with E-state index >= 15 is 0 Å². The first-order chi connectivity index (χ1) is 10.5. The van der Waals surface area contributed by atoms with Gasteiger partial charge >= 0.3 is 7.32 Å². The molecule has 0 fully saturated rings. The molecule has 0 aliphatic heterocycles. The Hall–Kier alpha value is -2.52. The number of benzene rings is 1. The third-order valence-electron chi connectivity index (χ3n) is 2.87. The average Bonchev–Trinajstić information content (AvgIpc) is 2.89. The fourth-order valence-corrected chi connectivity index (χ4v) is 1.87. The van der Waals surface area contributed by atoms with E-state index < -0.39 is 7.32 Å². The van der Waals surface area contributed by atoms with Gasteiger partial charge in [-0.05, 0) is 18.2 Å². The molecule has 0 atom stereocenters. The normalized spacial score (nSPS) is 10.2. The molecule has 0 aliphatic rings. The number of hydrogen-bond donors (Lipinski definition) is 3. The van der Waals surface area contributed by atoms with Gasteiger partial charge < -0.3 is 24.8 Å².